The Bertz CT molecular complexity index is 501. The van der Waals surface area contributed by atoms with Crippen LogP contribution in [0.2, 0.25) is 0 Å². The van der Waals surface area contributed by atoms with Crippen molar-refractivity contribution in [1.29, 1.82) is 5.26 Å². The fourth-order valence-electron chi connectivity index (χ4n) is 1.14. The van der Waals surface area contributed by atoms with Gasteiger partial charge in [0.05, 0.1) is 26.5 Å². The first-order chi connectivity index (χ1) is 8.58. The standard InChI is InChI=1S/C11H9I2N3O2/c1-18-11-8(12)4-7(5-9(11)13)6-15-16-10(17)2-3-14/h4-6H,2H2,1H3,(H,16,17)/b15-6+. The van der Waals surface area contributed by atoms with E-state index in [0.29, 0.717) is 0 Å². The first-order valence-corrected chi connectivity index (χ1v) is 6.96. The zero-order valence-electron chi connectivity index (χ0n) is 9.41. The molecule has 0 atom stereocenters. The molecule has 1 amide bonds. The van der Waals surface area contributed by atoms with Crippen LogP contribution in [0.25, 0.3) is 0 Å². The molecule has 94 valence electrons. The van der Waals surface area contributed by atoms with Gasteiger partial charge in [-0.25, -0.2) is 5.43 Å². The second kappa shape index (κ2) is 7.52. The Balaban J connectivity index is 2.78. The third-order valence-corrected chi connectivity index (χ3v) is 3.47. The molecule has 0 aliphatic rings. The summed E-state index contributed by atoms with van der Waals surface area (Å²) >= 11 is 4.34. The van der Waals surface area contributed by atoms with E-state index in [0.717, 1.165) is 18.5 Å². The van der Waals surface area contributed by atoms with E-state index in [2.05, 4.69) is 55.7 Å². The maximum absolute atomic E-state index is 11.0. The van der Waals surface area contributed by atoms with Gasteiger partial charge >= 0.3 is 0 Å². The molecule has 1 rings (SSSR count). The van der Waals surface area contributed by atoms with Gasteiger partial charge in [0, 0.05) is 0 Å². The third-order valence-electron chi connectivity index (χ3n) is 1.87. The van der Waals surface area contributed by atoms with Crippen molar-refractivity contribution in [1.82, 2.24) is 5.43 Å². The summed E-state index contributed by atoms with van der Waals surface area (Å²) in [6.07, 6.45) is 1.33. The molecule has 0 bridgehead atoms. The number of methoxy groups -OCH3 is 1. The third kappa shape index (κ3) is 4.41. The molecule has 18 heavy (non-hydrogen) atoms. The average Bonchev–Trinajstić information content (AvgIpc) is 2.29. The maximum atomic E-state index is 11.0. The fraction of sp³-hybridized carbons (Fsp3) is 0.182. The topological polar surface area (TPSA) is 74.5 Å². The van der Waals surface area contributed by atoms with Gasteiger partial charge in [0.15, 0.2) is 0 Å². The number of ether oxygens (including phenoxy) is 1. The maximum Gasteiger partial charge on any atom is 0.254 e. The summed E-state index contributed by atoms with van der Waals surface area (Å²) in [7, 11) is 1.62. The van der Waals surface area contributed by atoms with E-state index in [-0.39, 0.29) is 6.42 Å². The van der Waals surface area contributed by atoms with Gasteiger partial charge < -0.3 is 4.74 Å². The molecule has 0 aliphatic heterocycles. The van der Waals surface area contributed by atoms with Crippen molar-refractivity contribution in [3.63, 3.8) is 0 Å². The monoisotopic (exact) mass is 469 g/mol. The number of halogens is 2. The molecule has 5 nitrogen and oxygen atoms in total. The number of amides is 1. The van der Waals surface area contributed by atoms with Crippen LogP contribution in [-0.4, -0.2) is 19.2 Å². The number of carbonyl (C=O) groups is 1. The van der Waals surface area contributed by atoms with E-state index in [9.17, 15) is 4.79 Å². The first kappa shape index (κ1) is 15.2. The molecular formula is C11H9I2N3O2. The van der Waals surface area contributed by atoms with E-state index in [1.165, 1.54) is 6.21 Å². The summed E-state index contributed by atoms with van der Waals surface area (Å²) < 4.78 is 7.17. The molecule has 0 fully saturated rings. The normalized spacial score (nSPS) is 10.1. The summed E-state index contributed by atoms with van der Waals surface area (Å²) in [5, 5.41) is 12.1. The predicted molar refractivity (Wildman–Crippen MR) is 84.4 cm³/mol. The zero-order chi connectivity index (χ0) is 13.5. The summed E-state index contributed by atoms with van der Waals surface area (Å²) in [4.78, 5) is 11.0. The molecule has 1 aromatic rings. The van der Waals surface area contributed by atoms with Crippen molar-refractivity contribution in [2.75, 3.05) is 7.11 Å². The molecule has 0 aromatic heterocycles. The molecule has 1 aromatic carbocycles. The highest BCUT2D eigenvalue weighted by Crippen LogP contribution is 2.27. The lowest BCUT2D eigenvalue weighted by Crippen LogP contribution is -2.16. The molecule has 0 saturated heterocycles. The fourth-order valence-corrected chi connectivity index (χ4v) is 3.40. The van der Waals surface area contributed by atoms with Gasteiger partial charge in [-0.2, -0.15) is 10.4 Å². The van der Waals surface area contributed by atoms with Crippen molar-refractivity contribution in [3.8, 4) is 11.8 Å². The van der Waals surface area contributed by atoms with Gasteiger partial charge in [-0.1, -0.05) is 0 Å². The summed E-state index contributed by atoms with van der Waals surface area (Å²) in [6.45, 7) is 0. The molecule has 0 aliphatic carbocycles. The molecule has 0 heterocycles. The van der Waals surface area contributed by atoms with Gasteiger partial charge in [0.1, 0.15) is 12.2 Å². The molecule has 1 N–H and O–H groups in total. The number of benzene rings is 1. The number of hydrazone groups is 1. The lowest BCUT2D eigenvalue weighted by Gasteiger charge is -2.06. The molecule has 7 heteroatoms. The SMILES string of the molecule is COc1c(I)cc(/C=N/NC(=O)CC#N)cc1I. The second-order valence-electron chi connectivity index (χ2n) is 3.15. The minimum absolute atomic E-state index is 0.199. The van der Waals surface area contributed by atoms with Gasteiger partial charge in [-0.05, 0) is 62.9 Å². The molecule has 0 spiro atoms. The number of nitrogens with zero attached hydrogens (tertiary/aromatic N) is 2. The van der Waals surface area contributed by atoms with Crippen molar-refractivity contribution in [2.45, 2.75) is 6.42 Å². The predicted octanol–water partition coefficient (Wildman–Crippen LogP) is 2.27. The smallest absolute Gasteiger partial charge is 0.254 e. The average molecular weight is 469 g/mol. The number of nitriles is 1. The largest absolute Gasteiger partial charge is 0.495 e. The quantitative estimate of drug-likeness (QED) is 0.418. The summed E-state index contributed by atoms with van der Waals surface area (Å²) in [6, 6.07) is 5.53. The van der Waals surface area contributed by atoms with E-state index in [1.807, 2.05) is 12.1 Å². The van der Waals surface area contributed by atoms with Crippen molar-refractivity contribution in [3.05, 3.63) is 24.8 Å². The van der Waals surface area contributed by atoms with E-state index in [4.69, 9.17) is 10.00 Å². The highest BCUT2D eigenvalue weighted by atomic mass is 127. The number of hydrogen-bond acceptors (Lipinski definition) is 4. The lowest BCUT2D eigenvalue weighted by molar-refractivity contribution is -0.120. The van der Waals surface area contributed by atoms with Crippen LogP contribution in [0, 0.1) is 18.5 Å². The van der Waals surface area contributed by atoms with E-state index in [1.54, 1.807) is 13.2 Å². The minimum Gasteiger partial charge on any atom is -0.495 e. The Morgan fingerprint density at radius 2 is 2.17 bits per heavy atom. The summed E-state index contributed by atoms with van der Waals surface area (Å²) in [5.41, 5.74) is 3.12. The molecule has 0 saturated carbocycles. The van der Waals surface area contributed by atoms with Crippen LogP contribution in [0.4, 0.5) is 0 Å². The van der Waals surface area contributed by atoms with Gasteiger partial charge in [0.25, 0.3) is 5.91 Å². The number of carbonyl (C=O) groups excluding carboxylic acids is 1. The van der Waals surface area contributed by atoms with Crippen molar-refractivity contribution >= 4 is 57.3 Å². The van der Waals surface area contributed by atoms with E-state index >= 15 is 0 Å². The lowest BCUT2D eigenvalue weighted by atomic mass is 10.2. The Labute approximate surface area is 132 Å². The first-order valence-electron chi connectivity index (χ1n) is 4.80. The molecule has 0 unspecified atom stereocenters. The van der Waals surface area contributed by atoms with E-state index < -0.39 is 5.91 Å². The van der Waals surface area contributed by atoms with Crippen LogP contribution in [0.5, 0.6) is 5.75 Å². The summed E-state index contributed by atoms with van der Waals surface area (Å²) in [5.74, 6) is 0.397. The van der Waals surface area contributed by atoms with Crippen LogP contribution >= 0.6 is 45.2 Å². The van der Waals surface area contributed by atoms with Gasteiger partial charge in [-0.15, -0.1) is 0 Å². The van der Waals surface area contributed by atoms with Crippen LogP contribution in [0.3, 0.4) is 0 Å². The number of nitrogens with one attached hydrogen (secondary N) is 1. The van der Waals surface area contributed by atoms with Crippen molar-refractivity contribution in [2.24, 2.45) is 5.10 Å². The van der Waals surface area contributed by atoms with Crippen molar-refractivity contribution < 1.29 is 9.53 Å². The van der Waals surface area contributed by atoms with Gasteiger partial charge in [-0.3, -0.25) is 4.79 Å². The molecular weight excluding hydrogens is 460 g/mol. The van der Waals surface area contributed by atoms with Crippen LogP contribution in [-0.2, 0) is 4.79 Å². The van der Waals surface area contributed by atoms with Gasteiger partial charge in [0.2, 0.25) is 0 Å². The number of hydrogen-bond donors (Lipinski definition) is 1. The number of rotatable bonds is 4. The Hall–Kier alpha value is -0.890. The van der Waals surface area contributed by atoms with Crippen LogP contribution in [0.15, 0.2) is 17.2 Å². The minimum atomic E-state index is -0.424. The Kier molecular flexibility index (Phi) is 6.34. The highest BCUT2D eigenvalue weighted by Gasteiger charge is 2.06. The van der Waals surface area contributed by atoms with Crippen LogP contribution < -0.4 is 10.2 Å². The Morgan fingerprint density at radius 1 is 1.56 bits per heavy atom. The Morgan fingerprint density at radius 3 is 2.67 bits per heavy atom. The zero-order valence-corrected chi connectivity index (χ0v) is 13.7. The highest BCUT2D eigenvalue weighted by molar-refractivity contribution is 14.1. The van der Waals surface area contributed by atoms with Crippen LogP contribution in [0.1, 0.15) is 12.0 Å². The second-order valence-corrected chi connectivity index (χ2v) is 5.47. The molecule has 0 radical (unpaired) electrons.